The number of hydroxylamine groups is 1. The number of carbonyl (C=O) groups is 1. The highest BCUT2D eigenvalue weighted by atomic mass is 16.6. The molecule has 0 rings (SSSR count). The van der Waals surface area contributed by atoms with E-state index in [1.54, 1.807) is 6.92 Å². The minimum absolute atomic E-state index is 0.0174. The number of nitrogens with one attached hydrogen (secondary N) is 1. The first-order valence-electron chi connectivity index (χ1n) is 3.49. The van der Waals surface area contributed by atoms with Crippen LogP contribution in [0.3, 0.4) is 0 Å². The zero-order valence-electron chi connectivity index (χ0n) is 6.54. The van der Waals surface area contributed by atoms with Gasteiger partial charge in [-0.15, -0.1) is 0 Å². The summed E-state index contributed by atoms with van der Waals surface area (Å²) in [7, 11) is 0. The molecule has 5 heteroatoms. The molecule has 0 spiro atoms. The summed E-state index contributed by atoms with van der Waals surface area (Å²) in [6.07, 6.45) is -0.0174. The minimum atomic E-state index is -0.882. The first-order chi connectivity index (χ1) is 5.20. The maximum Gasteiger partial charge on any atom is 0.305 e. The summed E-state index contributed by atoms with van der Waals surface area (Å²) in [4.78, 5) is 15.0. The Morgan fingerprint density at radius 3 is 2.82 bits per heavy atom. The molecule has 0 aliphatic carbocycles. The van der Waals surface area contributed by atoms with E-state index in [1.165, 1.54) is 0 Å². The monoisotopic (exact) mass is 162 g/mol. The lowest BCUT2D eigenvalue weighted by atomic mass is 10.2. The van der Waals surface area contributed by atoms with Gasteiger partial charge in [0.05, 0.1) is 19.1 Å². The highest BCUT2D eigenvalue weighted by molar-refractivity contribution is 5.67. The molecule has 66 valence electrons. The number of hydrogen-bond donors (Lipinski definition) is 3. The molecule has 0 radical (unpaired) electrons. The first kappa shape index (κ1) is 10.3. The molecule has 0 bridgehead atoms. The maximum absolute atomic E-state index is 10.2. The highest BCUT2D eigenvalue weighted by Gasteiger charge is 2.09. The fraction of sp³-hybridized carbons (Fsp3) is 0.833. The van der Waals surface area contributed by atoms with E-state index in [0.29, 0.717) is 6.61 Å². The Morgan fingerprint density at radius 2 is 2.45 bits per heavy atom. The average molecular weight is 162 g/mol. The number of nitrogens with two attached hydrogens (primary N) is 1. The Bertz CT molecular complexity index is 118. The zero-order chi connectivity index (χ0) is 8.69. The second-order valence-corrected chi connectivity index (χ2v) is 2.08. The minimum Gasteiger partial charge on any atom is -0.481 e. The van der Waals surface area contributed by atoms with Crippen molar-refractivity contribution < 1.29 is 14.7 Å². The molecule has 0 heterocycles. The van der Waals surface area contributed by atoms with Crippen LogP contribution in [0.1, 0.15) is 13.3 Å². The number of aliphatic carboxylic acids is 1. The van der Waals surface area contributed by atoms with E-state index in [4.69, 9.17) is 15.7 Å². The van der Waals surface area contributed by atoms with Crippen LogP contribution in [0.15, 0.2) is 0 Å². The Labute approximate surface area is 65.5 Å². The summed E-state index contributed by atoms with van der Waals surface area (Å²) < 4.78 is 0. The van der Waals surface area contributed by atoms with Gasteiger partial charge in [0, 0.05) is 6.54 Å². The summed E-state index contributed by atoms with van der Waals surface area (Å²) in [5.41, 5.74) is 7.80. The quantitative estimate of drug-likeness (QED) is 0.451. The molecule has 5 nitrogen and oxygen atoms in total. The molecule has 1 unspecified atom stereocenters. The van der Waals surface area contributed by atoms with E-state index in [0.717, 1.165) is 0 Å². The highest BCUT2D eigenvalue weighted by Crippen LogP contribution is 1.88. The van der Waals surface area contributed by atoms with Crippen molar-refractivity contribution in [1.82, 2.24) is 5.48 Å². The maximum atomic E-state index is 10.2. The van der Waals surface area contributed by atoms with Crippen molar-refractivity contribution in [1.29, 1.82) is 0 Å². The van der Waals surface area contributed by atoms with E-state index in [1.807, 2.05) is 0 Å². The smallest absolute Gasteiger partial charge is 0.305 e. The molecule has 0 fully saturated rings. The van der Waals surface area contributed by atoms with Gasteiger partial charge in [-0.3, -0.25) is 4.79 Å². The van der Waals surface area contributed by atoms with Crippen LogP contribution in [0.25, 0.3) is 0 Å². The van der Waals surface area contributed by atoms with Crippen LogP contribution >= 0.6 is 0 Å². The zero-order valence-corrected chi connectivity index (χ0v) is 6.54. The van der Waals surface area contributed by atoms with Gasteiger partial charge in [0.2, 0.25) is 0 Å². The Kier molecular flexibility index (Phi) is 5.73. The van der Waals surface area contributed by atoms with Crippen LogP contribution in [0, 0.1) is 0 Å². The third-order valence-corrected chi connectivity index (χ3v) is 1.10. The van der Waals surface area contributed by atoms with Gasteiger partial charge >= 0.3 is 5.97 Å². The molecule has 1 atom stereocenters. The van der Waals surface area contributed by atoms with Gasteiger partial charge in [0.15, 0.2) is 0 Å². The van der Waals surface area contributed by atoms with Crippen molar-refractivity contribution in [2.75, 3.05) is 13.2 Å². The van der Waals surface area contributed by atoms with Crippen molar-refractivity contribution in [3.05, 3.63) is 0 Å². The molecule has 0 aromatic rings. The number of hydrogen-bond acceptors (Lipinski definition) is 4. The molecular weight excluding hydrogens is 148 g/mol. The summed E-state index contributed by atoms with van der Waals surface area (Å²) in [6.45, 7) is 2.56. The lowest BCUT2D eigenvalue weighted by Crippen LogP contribution is -2.37. The fourth-order valence-corrected chi connectivity index (χ4v) is 0.585. The number of carboxylic acids is 1. The van der Waals surface area contributed by atoms with Gasteiger partial charge in [-0.25, -0.2) is 0 Å². The van der Waals surface area contributed by atoms with Crippen molar-refractivity contribution in [2.45, 2.75) is 19.4 Å². The third kappa shape index (κ3) is 5.78. The largest absolute Gasteiger partial charge is 0.481 e. The van der Waals surface area contributed by atoms with E-state index >= 15 is 0 Å². The molecule has 0 amide bonds. The Balaban J connectivity index is 3.49. The lowest BCUT2D eigenvalue weighted by molar-refractivity contribution is -0.138. The molecule has 0 saturated carbocycles. The Hall–Kier alpha value is -0.650. The molecule has 0 aromatic carbocycles. The molecule has 0 aromatic heterocycles. The van der Waals surface area contributed by atoms with E-state index in [-0.39, 0.29) is 19.0 Å². The van der Waals surface area contributed by atoms with Crippen LogP contribution < -0.4 is 11.2 Å². The van der Waals surface area contributed by atoms with Crippen molar-refractivity contribution in [3.63, 3.8) is 0 Å². The molecule has 4 N–H and O–H groups in total. The van der Waals surface area contributed by atoms with Gasteiger partial charge < -0.3 is 15.7 Å². The molecular formula is C6H14N2O3. The second-order valence-electron chi connectivity index (χ2n) is 2.08. The normalized spacial score (nSPS) is 12.9. The van der Waals surface area contributed by atoms with Crippen LogP contribution in [0.2, 0.25) is 0 Å². The molecule has 0 aliphatic rings. The van der Waals surface area contributed by atoms with Crippen molar-refractivity contribution in [3.8, 4) is 0 Å². The number of carboxylic acid groups (broad SMARTS) is 1. The van der Waals surface area contributed by atoms with E-state index < -0.39 is 5.97 Å². The summed E-state index contributed by atoms with van der Waals surface area (Å²) in [5, 5.41) is 8.36. The van der Waals surface area contributed by atoms with Crippen LogP contribution in [0.5, 0.6) is 0 Å². The first-order valence-corrected chi connectivity index (χ1v) is 3.49. The molecule has 11 heavy (non-hydrogen) atoms. The summed E-state index contributed by atoms with van der Waals surface area (Å²) >= 11 is 0. The second kappa shape index (κ2) is 6.09. The van der Waals surface area contributed by atoms with Crippen LogP contribution in [-0.2, 0) is 9.63 Å². The molecule has 0 saturated heterocycles. The van der Waals surface area contributed by atoms with Crippen LogP contribution in [-0.4, -0.2) is 30.3 Å². The topological polar surface area (TPSA) is 84.6 Å². The summed E-state index contributed by atoms with van der Waals surface area (Å²) in [5.74, 6) is -0.882. The van der Waals surface area contributed by atoms with Gasteiger partial charge in [-0.2, -0.15) is 5.48 Å². The van der Waals surface area contributed by atoms with E-state index in [2.05, 4.69) is 5.48 Å². The van der Waals surface area contributed by atoms with Crippen molar-refractivity contribution in [2.24, 2.45) is 5.73 Å². The van der Waals surface area contributed by atoms with Gasteiger partial charge in [0.1, 0.15) is 0 Å². The standard InChI is InChI=1S/C6H14N2O3/c1-2-11-8-5(4-7)3-6(9)10/h5,8H,2-4,7H2,1H3,(H,9,10). The SMILES string of the molecule is CCONC(CN)CC(=O)O. The predicted molar refractivity (Wildman–Crippen MR) is 39.9 cm³/mol. The van der Waals surface area contributed by atoms with Gasteiger partial charge in [-0.05, 0) is 6.92 Å². The number of rotatable bonds is 6. The van der Waals surface area contributed by atoms with E-state index in [9.17, 15) is 4.79 Å². The predicted octanol–water partition coefficient (Wildman–Crippen LogP) is -0.670. The average Bonchev–Trinajstić information content (AvgIpc) is 1.97. The van der Waals surface area contributed by atoms with Crippen LogP contribution in [0.4, 0.5) is 0 Å². The lowest BCUT2D eigenvalue weighted by Gasteiger charge is -2.12. The van der Waals surface area contributed by atoms with Gasteiger partial charge in [-0.1, -0.05) is 0 Å². The Morgan fingerprint density at radius 1 is 1.82 bits per heavy atom. The third-order valence-electron chi connectivity index (χ3n) is 1.10. The fourth-order valence-electron chi connectivity index (χ4n) is 0.585. The summed E-state index contributed by atoms with van der Waals surface area (Å²) in [6, 6.07) is -0.299. The van der Waals surface area contributed by atoms with Crippen molar-refractivity contribution >= 4 is 5.97 Å². The van der Waals surface area contributed by atoms with Gasteiger partial charge in [0.25, 0.3) is 0 Å². The molecule has 0 aliphatic heterocycles.